The third-order valence-corrected chi connectivity index (χ3v) is 4.33. The molecule has 0 radical (unpaired) electrons. The summed E-state index contributed by atoms with van der Waals surface area (Å²) in [5, 5.41) is 0. The van der Waals surface area contributed by atoms with Crippen molar-refractivity contribution in [3.8, 4) is 0 Å². The monoisotopic (exact) mass is 267 g/mol. The maximum atomic E-state index is 12.4. The van der Waals surface area contributed by atoms with Crippen LogP contribution in [0.3, 0.4) is 0 Å². The van der Waals surface area contributed by atoms with Crippen LogP contribution in [0.4, 0.5) is 0 Å². The summed E-state index contributed by atoms with van der Waals surface area (Å²) in [6.45, 7) is 8.53. The van der Waals surface area contributed by atoms with Gasteiger partial charge in [-0.1, -0.05) is 0 Å². The van der Waals surface area contributed by atoms with E-state index in [1.165, 1.54) is 6.42 Å². The van der Waals surface area contributed by atoms with Gasteiger partial charge in [-0.25, -0.2) is 0 Å². The van der Waals surface area contributed by atoms with Crippen molar-refractivity contribution in [2.75, 3.05) is 39.3 Å². The lowest BCUT2D eigenvalue weighted by Crippen LogP contribution is -2.55. The minimum Gasteiger partial charge on any atom is -0.341 e. The van der Waals surface area contributed by atoms with Crippen LogP contribution < -0.4 is 0 Å². The van der Waals surface area contributed by atoms with E-state index in [0.717, 1.165) is 52.1 Å². The molecule has 0 bridgehead atoms. The van der Waals surface area contributed by atoms with Gasteiger partial charge in [0.1, 0.15) is 0 Å². The number of nitrogens with zero attached hydrogens (tertiary/aromatic N) is 3. The predicted molar refractivity (Wildman–Crippen MR) is 73.7 cm³/mol. The molecule has 5 heteroatoms. The van der Waals surface area contributed by atoms with Crippen LogP contribution in [-0.4, -0.2) is 71.8 Å². The Morgan fingerprint density at radius 3 is 1.95 bits per heavy atom. The van der Waals surface area contributed by atoms with Gasteiger partial charge in [0.25, 0.3) is 0 Å². The Balaban J connectivity index is 1.84. The van der Waals surface area contributed by atoms with E-state index >= 15 is 0 Å². The molecular formula is C14H25N3O2. The first kappa shape index (κ1) is 14.3. The van der Waals surface area contributed by atoms with Crippen LogP contribution in [0, 0.1) is 0 Å². The molecule has 0 N–H and O–H groups in total. The van der Waals surface area contributed by atoms with Gasteiger partial charge in [0, 0.05) is 46.2 Å². The summed E-state index contributed by atoms with van der Waals surface area (Å²) in [6.07, 6.45) is 3.52. The Hall–Kier alpha value is -1.10. The number of carbonyl (C=O) groups is 2. The molecule has 0 aromatic rings. The van der Waals surface area contributed by atoms with E-state index in [2.05, 4.69) is 4.90 Å². The zero-order valence-electron chi connectivity index (χ0n) is 12.1. The Bertz CT molecular complexity index is 332. The first-order chi connectivity index (χ1) is 9.09. The van der Waals surface area contributed by atoms with Crippen LogP contribution in [-0.2, 0) is 9.59 Å². The smallest absolute Gasteiger partial charge is 0.239 e. The highest BCUT2D eigenvalue weighted by Gasteiger charge is 2.29. The number of piperazine rings is 1. The van der Waals surface area contributed by atoms with E-state index in [1.807, 2.05) is 16.7 Å². The average Bonchev–Trinajstić information content (AvgIpc) is 2.46. The molecule has 2 heterocycles. The van der Waals surface area contributed by atoms with Crippen LogP contribution in [0.2, 0.25) is 0 Å². The lowest BCUT2D eigenvalue weighted by Gasteiger charge is -2.39. The maximum absolute atomic E-state index is 12.4. The molecule has 0 aromatic carbocycles. The first-order valence-corrected chi connectivity index (χ1v) is 7.38. The van der Waals surface area contributed by atoms with Crippen LogP contribution in [0.15, 0.2) is 0 Å². The highest BCUT2D eigenvalue weighted by molar-refractivity contribution is 5.81. The second kappa shape index (κ2) is 6.37. The number of hydrogen-bond donors (Lipinski definition) is 0. The summed E-state index contributed by atoms with van der Waals surface area (Å²) >= 11 is 0. The summed E-state index contributed by atoms with van der Waals surface area (Å²) in [4.78, 5) is 29.8. The second-order valence-electron chi connectivity index (χ2n) is 5.60. The lowest BCUT2D eigenvalue weighted by atomic mass is 10.1. The second-order valence-corrected chi connectivity index (χ2v) is 5.60. The summed E-state index contributed by atoms with van der Waals surface area (Å²) in [5.74, 6) is 0.394. The fourth-order valence-corrected chi connectivity index (χ4v) is 2.96. The van der Waals surface area contributed by atoms with Crippen LogP contribution >= 0.6 is 0 Å². The maximum Gasteiger partial charge on any atom is 0.239 e. The van der Waals surface area contributed by atoms with E-state index in [9.17, 15) is 9.59 Å². The first-order valence-electron chi connectivity index (χ1n) is 7.38. The topological polar surface area (TPSA) is 43.9 Å². The SMILES string of the molecule is CC(=O)N1CCN(C(C)C(=O)N2CCCCC2)CC1. The number of likely N-dealkylation sites (tertiary alicyclic amines) is 1. The highest BCUT2D eigenvalue weighted by atomic mass is 16.2. The summed E-state index contributed by atoms with van der Waals surface area (Å²) in [5.41, 5.74) is 0. The Morgan fingerprint density at radius 2 is 1.42 bits per heavy atom. The molecule has 0 spiro atoms. The molecule has 1 unspecified atom stereocenters. The fourth-order valence-electron chi connectivity index (χ4n) is 2.96. The molecule has 2 aliphatic heterocycles. The number of carbonyl (C=O) groups excluding carboxylic acids is 2. The van der Waals surface area contributed by atoms with Crippen molar-refractivity contribution >= 4 is 11.8 Å². The van der Waals surface area contributed by atoms with Crippen LogP contribution in [0.5, 0.6) is 0 Å². The van der Waals surface area contributed by atoms with Crippen LogP contribution in [0.1, 0.15) is 33.1 Å². The summed E-state index contributed by atoms with van der Waals surface area (Å²) in [7, 11) is 0. The molecule has 2 saturated heterocycles. The lowest BCUT2D eigenvalue weighted by molar-refractivity contribution is -0.139. The molecule has 2 rings (SSSR count). The molecule has 108 valence electrons. The zero-order valence-corrected chi connectivity index (χ0v) is 12.1. The molecule has 1 atom stereocenters. The van der Waals surface area contributed by atoms with Crippen molar-refractivity contribution in [2.24, 2.45) is 0 Å². The van der Waals surface area contributed by atoms with Gasteiger partial charge in [-0.2, -0.15) is 0 Å². The Morgan fingerprint density at radius 1 is 0.842 bits per heavy atom. The third-order valence-electron chi connectivity index (χ3n) is 4.33. The molecule has 0 saturated carbocycles. The Labute approximate surface area is 115 Å². The molecule has 2 amide bonds. The van der Waals surface area contributed by atoms with Crippen molar-refractivity contribution in [3.63, 3.8) is 0 Å². The molecule has 0 aromatic heterocycles. The number of hydrogen-bond acceptors (Lipinski definition) is 3. The van der Waals surface area contributed by atoms with E-state index in [0.29, 0.717) is 0 Å². The van der Waals surface area contributed by atoms with Gasteiger partial charge in [0.2, 0.25) is 11.8 Å². The largest absolute Gasteiger partial charge is 0.341 e. The van der Waals surface area contributed by atoms with Crippen molar-refractivity contribution < 1.29 is 9.59 Å². The van der Waals surface area contributed by atoms with Gasteiger partial charge in [-0.15, -0.1) is 0 Å². The molecule has 0 aliphatic carbocycles. The minimum atomic E-state index is -0.0489. The number of rotatable bonds is 2. The van der Waals surface area contributed by atoms with Gasteiger partial charge >= 0.3 is 0 Å². The van der Waals surface area contributed by atoms with Crippen molar-refractivity contribution in [3.05, 3.63) is 0 Å². The summed E-state index contributed by atoms with van der Waals surface area (Å²) in [6, 6.07) is -0.0489. The molecule has 2 fully saturated rings. The quantitative estimate of drug-likeness (QED) is 0.734. The third kappa shape index (κ3) is 3.47. The van der Waals surface area contributed by atoms with Gasteiger partial charge < -0.3 is 9.80 Å². The highest BCUT2D eigenvalue weighted by Crippen LogP contribution is 2.14. The van der Waals surface area contributed by atoms with Crippen molar-refractivity contribution in [1.29, 1.82) is 0 Å². The van der Waals surface area contributed by atoms with Gasteiger partial charge in [0.05, 0.1) is 6.04 Å². The predicted octanol–water partition coefficient (Wildman–Crippen LogP) is 0.552. The molecule has 5 nitrogen and oxygen atoms in total. The van der Waals surface area contributed by atoms with Crippen molar-refractivity contribution in [1.82, 2.24) is 14.7 Å². The van der Waals surface area contributed by atoms with Gasteiger partial charge in [-0.05, 0) is 26.2 Å². The Kier molecular flexibility index (Phi) is 4.80. The zero-order chi connectivity index (χ0) is 13.8. The number of amides is 2. The molecule has 2 aliphatic rings. The summed E-state index contributed by atoms with van der Waals surface area (Å²) < 4.78 is 0. The fraction of sp³-hybridized carbons (Fsp3) is 0.857. The van der Waals surface area contributed by atoms with Gasteiger partial charge in [0.15, 0.2) is 0 Å². The van der Waals surface area contributed by atoms with E-state index in [-0.39, 0.29) is 17.9 Å². The number of piperidine rings is 1. The van der Waals surface area contributed by atoms with E-state index < -0.39 is 0 Å². The van der Waals surface area contributed by atoms with Crippen LogP contribution in [0.25, 0.3) is 0 Å². The van der Waals surface area contributed by atoms with E-state index in [4.69, 9.17) is 0 Å². The van der Waals surface area contributed by atoms with E-state index in [1.54, 1.807) is 6.92 Å². The van der Waals surface area contributed by atoms with Gasteiger partial charge in [-0.3, -0.25) is 14.5 Å². The van der Waals surface area contributed by atoms with Crippen molar-refractivity contribution in [2.45, 2.75) is 39.2 Å². The normalized spacial score (nSPS) is 23.3. The standard InChI is InChI=1S/C14H25N3O2/c1-12(14(19)17-6-4-3-5-7-17)15-8-10-16(11-9-15)13(2)18/h12H,3-11H2,1-2H3. The average molecular weight is 267 g/mol. The minimum absolute atomic E-state index is 0.0489. The molecular weight excluding hydrogens is 242 g/mol. The molecule has 19 heavy (non-hydrogen) atoms.